The van der Waals surface area contributed by atoms with Crippen LogP contribution in [0, 0.1) is 12.8 Å². The topological polar surface area (TPSA) is 45.3 Å². The number of hydrogen-bond acceptors (Lipinski definition) is 2. The molecule has 2 heterocycles. The first kappa shape index (κ1) is 15.1. The first-order valence-corrected chi connectivity index (χ1v) is 8.03. The van der Waals surface area contributed by atoms with Gasteiger partial charge >= 0.3 is 0 Å². The summed E-state index contributed by atoms with van der Waals surface area (Å²) in [6.07, 6.45) is 2.77. The third-order valence-electron chi connectivity index (χ3n) is 4.61. The molecule has 1 saturated heterocycles. The van der Waals surface area contributed by atoms with Crippen LogP contribution >= 0.6 is 0 Å². The molecule has 4 nitrogen and oxygen atoms in total. The SMILES string of the molecule is Cc1c(CN(C)C(=O)CC2CCCOC2)[nH]c2ccccc12. The van der Waals surface area contributed by atoms with Gasteiger partial charge in [0.05, 0.1) is 6.54 Å². The third kappa shape index (κ3) is 3.17. The van der Waals surface area contributed by atoms with E-state index in [1.54, 1.807) is 0 Å². The third-order valence-corrected chi connectivity index (χ3v) is 4.61. The zero-order chi connectivity index (χ0) is 15.5. The van der Waals surface area contributed by atoms with Crippen molar-refractivity contribution in [2.24, 2.45) is 5.92 Å². The largest absolute Gasteiger partial charge is 0.381 e. The normalized spacial score (nSPS) is 18.5. The molecule has 0 saturated carbocycles. The van der Waals surface area contributed by atoms with E-state index in [0.717, 1.165) is 37.3 Å². The van der Waals surface area contributed by atoms with E-state index in [1.165, 1.54) is 10.9 Å². The summed E-state index contributed by atoms with van der Waals surface area (Å²) in [6.45, 7) is 4.31. The van der Waals surface area contributed by atoms with Crippen LogP contribution in [0.25, 0.3) is 10.9 Å². The highest BCUT2D eigenvalue weighted by Crippen LogP contribution is 2.23. The molecule has 1 fully saturated rings. The molecule has 1 unspecified atom stereocenters. The highest BCUT2D eigenvalue weighted by Gasteiger charge is 2.20. The lowest BCUT2D eigenvalue weighted by atomic mass is 9.98. The van der Waals surface area contributed by atoms with Crippen LogP contribution in [-0.4, -0.2) is 36.1 Å². The number of amides is 1. The van der Waals surface area contributed by atoms with Crippen molar-refractivity contribution in [1.29, 1.82) is 0 Å². The Bertz CT molecular complexity index is 656. The van der Waals surface area contributed by atoms with Crippen LogP contribution in [-0.2, 0) is 16.1 Å². The molecule has 118 valence electrons. The molecule has 2 aromatic rings. The van der Waals surface area contributed by atoms with Gasteiger partial charge in [-0.2, -0.15) is 0 Å². The molecule has 0 spiro atoms. The van der Waals surface area contributed by atoms with Gasteiger partial charge in [0.25, 0.3) is 0 Å². The van der Waals surface area contributed by atoms with Crippen LogP contribution in [0.15, 0.2) is 24.3 Å². The van der Waals surface area contributed by atoms with E-state index in [4.69, 9.17) is 4.74 Å². The number of H-pyrrole nitrogens is 1. The summed E-state index contributed by atoms with van der Waals surface area (Å²) in [5, 5.41) is 1.24. The Labute approximate surface area is 131 Å². The summed E-state index contributed by atoms with van der Waals surface area (Å²) in [5.74, 6) is 0.584. The molecule has 1 N–H and O–H groups in total. The van der Waals surface area contributed by atoms with Crippen LogP contribution in [0.5, 0.6) is 0 Å². The smallest absolute Gasteiger partial charge is 0.223 e. The fourth-order valence-corrected chi connectivity index (χ4v) is 3.19. The molecule has 3 rings (SSSR count). The van der Waals surface area contributed by atoms with Crippen molar-refractivity contribution in [2.45, 2.75) is 32.7 Å². The first-order chi connectivity index (χ1) is 10.6. The van der Waals surface area contributed by atoms with E-state index >= 15 is 0 Å². The Morgan fingerprint density at radius 1 is 1.41 bits per heavy atom. The first-order valence-electron chi connectivity index (χ1n) is 8.03. The lowest BCUT2D eigenvalue weighted by molar-refractivity contribution is -0.132. The molecular weight excluding hydrogens is 276 g/mol. The Morgan fingerprint density at radius 2 is 2.23 bits per heavy atom. The number of nitrogens with zero attached hydrogens (tertiary/aromatic N) is 1. The van der Waals surface area contributed by atoms with Crippen LogP contribution in [0.3, 0.4) is 0 Å². The molecule has 1 atom stereocenters. The minimum atomic E-state index is 0.202. The number of rotatable bonds is 4. The minimum Gasteiger partial charge on any atom is -0.381 e. The van der Waals surface area contributed by atoms with Crippen molar-refractivity contribution in [1.82, 2.24) is 9.88 Å². The minimum absolute atomic E-state index is 0.202. The van der Waals surface area contributed by atoms with E-state index in [1.807, 2.05) is 24.1 Å². The summed E-state index contributed by atoms with van der Waals surface area (Å²) in [6, 6.07) is 8.27. The standard InChI is InChI=1S/C18H24N2O2/c1-13-15-7-3-4-8-16(15)19-17(13)11-20(2)18(21)10-14-6-5-9-22-12-14/h3-4,7-8,14,19H,5-6,9-12H2,1-2H3. The number of fused-ring (bicyclic) bond motifs is 1. The van der Waals surface area contributed by atoms with Gasteiger partial charge in [-0.05, 0) is 37.3 Å². The van der Waals surface area contributed by atoms with Crippen molar-refractivity contribution in [2.75, 3.05) is 20.3 Å². The van der Waals surface area contributed by atoms with Crippen LogP contribution < -0.4 is 0 Å². The van der Waals surface area contributed by atoms with Gasteiger partial charge in [0.1, 0.15) is 0 Å². The van der Waals surface area contributed by atoms with E-state index in [0.29, 0.717) is 18.9 Å². The molecule has 1 aromatic carbocycles. The van der Waals surface area contributed by atoms with Gasteiger partial charge in [0, 0.05) is 43.3 Å². The van der Waals surface area contributed by atoms with Gasteiger partial charge in [-0.3, -0.25) is 4.79 Å². The second-order valence-electron chi connectivity index (χ2n) is 6.31. The number of para-hydroxylation sites is 1. The van der Waals surface area contributed by atoms with Gasteiger partial charge in [0.15, 0.2) is 0 Å². The van der Waals surface area contributed by atoms with Crippen LogP contribution in [0.4, 0.5) is 0 Å². The summed E-state index contributed by atoms with van der Waals surface area (Å²) in [4.78, 5) is 17.7. The maximum Gasteiger partial charge on any atom is 0.223 e. The van der Waals surface area contributed by atoms with Crippen molar-refractivity contribution < 1.29 is 9.53 Å². The van der Waals surface area contributed by atoms with E-state index in [2.05, 4.69) is 24.0 Å². The van der Waals surface area contributed by atoms with Crippen molar-refractivity contribution in [3.05, 3.63) is 35.5 Å². The van der Waals surface area contributed by atoms with Crippen molar-refractivity contribution in [3.8, 4) is 0 Å². The van der Waals surface area contributed by atoms with Crippen LogP contribution in [0.2, 0.25) is 0 Å². The number of carbonyl (C=O) groups excluding carboxylic acids is 1. The van der Waals surface area contributed by atoms with E-state index in [9.17, 15) is 4.79 Å². The second kappa shape index (κ2) is 6.53. The molecule has 0 aliphatic carbocycles. The fourth-order valence-electron chi connectivity index (χ4n) is 3.19. The lowest BCUT2D eigenvalue weighted by Gasteiger charge is -2.24. The Morgan fingerprint density at radius 3 is 2.95 bits per heavy atom. The average molecular weight is 300 g/mol. The molecule has 1 amide bonds. The molecule has 0 bridgehead atoms. The zero-order valence-corrected chi connectivity index (χ0v) is 13.4. The molecule has 1 aliphatic heterocycles. The van der Waals surface area contributed by atoms with Gasteiger partial charge in [-0.25, -0.2) is 0 Å². The molecular formula is C18H24N2O2. The van der Waals surface area contributed by atoms with Gasteiger partial charge < -0.3 is 14.6 Å². The number of carbonyl (C=O) groups is 1. The number of hydrogen-bond donors (Lipinski definition) is 1. The fraction of sp³-hybridized carbons (Fsp3) is 0.500. The predicted molar refractivity (Wildman–Crippen MR) is 87.7 cm³/mol. The maximum absolute atomic E-state index is 12.4. The van der Waals surface area contributed by atoms with E-state index < -0.39 is 0 Å². The van der Waals surface area contributed by atoms with Gasteiger partial charge in [-0.15, -0.1) is 0 Å². The summed E-state index contributed by atoms with van der Waals surface area (Å²) < 4.78 is 5.46. The summed E-state index contributed by atoms with van der Waals surface area (Å²) >= 11 is 0. The van der Waals surface area contributed by atoms with Gasteiger partial charge in [-0.1, -0.05) is 18.2 Å². The highest BCUT2D eigenvalue weighted by molar-refractivity contribution is 5.84. The Hall–Kier alpha value is -1.81. The molecule has 1 aliphatic rings. The molecule has 22 heavy (non-hydrogen) atoms. The lowest BCUT2D eigenvalue weighted by Crippen LogP contribution is -2.30. The highest BCUT2D eigenvalue weighted by atomic mass is 16.5. The van der Waals surface area contributed by atoms with Gasteiger partial charge in [0.2, 0.25) is 5.91 Å². The number of nitrogens with one attached hydrogen (secondary N) is 1. The number of ether oxygens (including phenoxy) is 1. The summed E-state index contributed by atoms with van der Waals surface area (Å²) in [7, 11) is 1.89. The Balaban J connectivity index is 1.65. The Kier molecular flexibility index (Phi) is 4.48. The van der Waals surface area contributed by atoms with Crippen molar-refractivity contribution in [3.63, 3.8) is 0 Å². The number of aryl methyl sites for hydroxylation is 1. The maximum atomic E-state index is 12.4. The van der Waals surface area contributed by atoms with Crippen LogP contribution in [0.1, 0.15) is 30.5 Å². The molecule has 0 radical (unpaired) electrons. The average Bonchev–Trinajstić information content (AvgIpc) is 2.85. The van der Waals surface area contributed by atoms with E-state index in [-0.39, 0.29) is 5.91 Å². The van der Waals surface area contributed by atoms with Crippen molar-refractivity contribution >= 4 is 16.8 Å². The number of benzene rings is 1. The second-order valence-corrected chi connectivity index (χ2v) is 6.31. The summed E-state index contributed by atoms with van der Waals surface area (Å²) in [5.41, 5.74) is 3.49. The quantitative estimate of drug-likeness (QED) is 0.942. The zero-order valence-electron chi connectivity index (χ0n) is 13.4. The molecule has 4 heteroatoms. The predicted octanol–water partition coefficient (Wildman–Crippen LogP) is 3.25. The number of aromatic amines is 1. The molecule has 1 aromatic heterocycles. The number of aromatic nitrogens is 1. The monoisotopic (exact) mass is 300 g/mol.